The molecule has 26 heavy (non-hydrogen) atoms. The molecule has 0 radical (unpaired) electrons. The zero-order chi connectivity index (χ0) is 18.7. The van der Waals surface area contributed by atoms with E-state index in [0.29, 0.717) is 28.3 Å². The van der Waals surface area contributed by atoms with Crippen LogP contribution in [0.5, 0.6) is 5.75 Å². The maximum atomic E-state index is 13.0. The minimum Gasteiger partial charge on any atom is -0.497 e. The number of aromatic nitrogens is 2. The summed E-state index contributed by atoms with van der Waals surface area (Å²) in [6.45, 7) is 1.39. The monoisotopic (exact) mass is 353 g/mol. The van der Waals surface area contributed by atoms with E-state index in [-0.39, 0.29) is 12.1 Å². The third-order valence-electron chi connectivity index (χ3n) is 4.33. The molecule has 0 aliphatic rings. The van der Waals surface area contributed by atoms with Crippen LogP contribution < -0.4 is 10.3 Å². The lowest BCUT2D eigenvalue weighted by Crippen LogP contribution is -2.23. The lowest BCUT2D eigenvalue weighted by atomic mass is 9.91. The van der Waals surface area contributed by atoms with E-state index < -0.39 is 10.8 Å². The lowest BCUT2D eigenvalue weighted by molar-refractivity contribution is -0.481. The van der Waals surface area contributed by atoms with E-state index in [1.165, 1.54) is 4.68 Å². The van der Waals surface area contributed by atoms with Gasteiger partial charge in [-0.2, -0.15) is 0 Å². The van der Waals surface area contributed by atoms with Crippen molar-refractivity contribution in [3.8, 4) is 11.4 Å². The number of nitrogens with one attached hydrogen (secondary N) is 1. The first-order valence-corrected chi connectivity index (χ1v) is 8.14. The molecule has 134 valence electrons. The molecule has 2 aromatic carbocycles. The number of rotatable bonds is 6. The largest absolute Gasteiger partial charge is 0.497 e. The highest BCUT2D eigenvalue weighted by molar-refractivity contribution is 5.39. The van der Waals surface area contributed by atoms with E-state index in [1.807, 2.05) is 18.2 Å². The van der Waals surface area contributed by atoms with Gasteiger partial charge in [-0.05, 0) is 36.8 Å². The highest BCUT2D eigenvalue weighted by Gasteiger charge is 2.27. The summed E-state index contributed by atoms with van der Waals surface area (Å²) in [6.07, 6.45) is 0. The van der Waals surface area contributed by atoms with E-state index in [2.05, 4.69) is 5.10 Å². The van der Waals surface area contributed by atoms with Gasteiger partial charge in [0.2, 0.25) is 6.54 Å². The molecule has 0 aliphatic carbocycles. The number of nitrogens with zero attached hydrogens (tertiary/aromatic N) is 2. The molecule has 7 heteroatoms. The summed E-state index contributed by atoms with van der Waals surface area (Å²) in [5.41, 5.74) is 2.11. The van der Waals surface area contributed by atoms with Crippen molar-refractivity contribution in [2.45, 2.75) is 12.8 Å². The summed E-state index contributed by atoms with van der Waals surface area (Å²) in [7, 11) is 1.55. The molecule has 0 amide bonds. The highest BCUT2D eigenvalue weighted by atomic mass is 16.6. The number of nitro groups is 1. The summed E-state index contributed by atoms with van der Waals surface area (Å²) >= 11 is 0. The van der Waals surface area contributed by atoms with E-state index in [9.17, 15) is 14.9 Å². The summed E-state index contributed by atoms with van der Waals surface area (Å²) in [4.78, 5) is 23.8. The number of ether oxygens (including phenoxy) is 1. The summed E-state index contributed by atoms with van der Waals surface area (Å²) in [5.74, 6) is 0.00529. The van der Waals surface area contributed by atoms with Crippen LogP contribution in [-0.4, -0.2) is 28.4 Å². The number of H-pyrrole nitrogens is 1. The predicted molar refractivity (Wildman–Crippen MR) is 97.8 cm³/mol. The Morgan fingerprint density at radius 2 is 1.81 bits per heavy atom. The van der Waals surface area contributed by atoms with Crippen molar-refractivity contribution in [2.75, 3.05) is 13.7 Å². The van der Waals surface area contributed by atoms with Crippen molar-refractivity contribution in [2.24, 2.45) is 0 Å². The van der Waals surface area contributed by atoms with Crippen LogP contribution in [0.2, 0.25) is 0 Å². The summed E-state index contributed by atoms with van der Waals surface area (Å²) < 4.78 is 6.56. The molecule has 1 heterocycles. The SMILES string of the molecule is COc1ccc([C@H](C[N+](=O)[O-])c2c(C)[nH]n(-c3ccccc3)c2=O)cc1. The molecule has 1 N–H and O–H groups in total. The van der Waals surface area contributed by atoms with Gasteiger partial charge in [-0.1, -0.05) is 30.3 Å². The molecule has 0 unspecified atom stereocenters. The summed E-state index contributed by atoms with van der Waals surface area (Å²) in [5, 5.41) is 14.3. The number of benzene rings is 2. The average molecular weight is 353 g/mol. The molecule has 0 aliphatic heterocycles. The van der Waals surface area contributed by atoms with Crippen molar-refractivity contribution >= 4 is 0 Å². The Morgan fingerprint density at radius 3 is 2.38 bits per heavy atom. The smallest absolute Gasteiger partial charge is 0.275 e. The fraction of sp³-hybridized carbons (Fsp3) is 0.211. The van der Waals surface area contributed by atoms with Gasteiger partial charge in [-0.15, -0.1) is 0 Å². The Bertz CT molecular complexity index is 959. The number of aryl methyl sites for hydroxylation is 1. The third-order valence-corrected chi connectivity index (χ3v) is 4.33. The van der Waals surface area contributed by atoms with Crippen molar-refractivity contribution in [1.29, 1.82) is 0 Å². The van der Waals surface area contributed by atoms with Crippen LogP contribution in [0.25, 0.3) is 5.69 Å². The number of hydrogen-bond donors (Lipinski definition) is 1. The standard InChI is InChI=1S/C19H19N3O4/c1-13-18(19(23)22(20-13)15-6-4-3-5-7-15)17(12-21(24)25)14-8-10-16(26-2)11-9-14/h3-11,17,20H,12H2,1-2H3/t17-/m0/s1. The normalized spacial score (nSPS) is 11.9. The maximum absolute atomic E-state index is 13.0. The van der Waals surface area contributed by atoms with Crippen molar-refractivity contribution in [3.63, 3.8) is 0 Å². The predicted octanol–water partition coefficient (Wildman–Crippen LogP) is 2.89. The van der Waals surface area contributed by atoms with Gasteiger partial charge in [0.1, 0.15) is 5.75 Å². The number of methoxy groups -OCH3 is 1. The fourth-order valence-corrected chi connectivity index (χ4v) is 3.08. The van der Waals surface area contributed by atoms with Gasteiger partial charge in [-0.3, -0.25) is 20.0 Å². The van der Waals surface area contributed by atoms with Crippen molar-refractivity contribution < 1.29 is 9.66 Å². The molecular formula is C19H19N3O4. The minimum absolute atomic E-state index is 0.281. The van der Waals surface area contributed by atoms with E-state index in [0.717, 1.165) is 0 Å². The Hall–Kier alpha value is -3.35. The first-order valence-electron chi connectivity index (χ1n) is 8.14. The van der Waals surface area contributed by atoms with Crippen LogP contribution in [0.4, 0.5) is 0 Å². The lowest BCUT2D eigenvalue weighted by Gasteiger charge is -2.12. The molecule has 0 saturated carbocycles. The van der Waals surface area contributed by atoms with Crippen LogP contribution in [-0.2, 0) is 0 Å². The van der Waals surface area contributed by atoms with Gasteiger partial charge in [-0.25, -0.2) is 4.68 Å². The Kier molecular flexibility index (Phi) is 4.88. The Labute approximate surface area is 150 Å². The first kappa shape index (κ1) is 17.5. The van der Waals surface area contributed by atoms with Gasteiger partial charge in [0.25, 0.3) is 5.56 Å². The van der Waals surface area contributed by atoms with Gasteiger partial charge in [0.05, 0.1) is 24.3 Å². The zero-order valence-electron chi connectivity index (χ0n) is 14.5. The van der Waals surface area contributed by atoms with Gasteiger partial charge in [0, 0.05) is 10.6 Å². The molecule has 3 aromatic rings. The van der Waals surface area contributed by atoms with Gasteiger partial charge >= 0.3 is 0 Å². The van der Waals surface area contributed by atoms with E-state index in [4.69, 9.17) is 4.74 Å². The first-order chi connectivity index (χ1) is 12.5. The molecule has 0 bridgehead atoms. The average Bonchev–Trinajstić information content (AvgIpc) is 2.95. The van der Waals surface area contributed by atoms with Crippen LogP contribution in [0.15, 0.2) is 59.4 Å². The number of hydrogen-bond acceptors (Lipinski definition) is 4. The fourth-order valence-electron chi connectivity index (χ4n) is 3.08. The van der Waals surface area contributed by atoms with E-state index >= 15 is 0 Å². The molecule has 0 saturated heterocycles. The second-order valence-electron chi connectivity index (χ2n) is 5.97. The zero-order valence-corrected chi connectivity index (χ0v) is 14.5. The van der Waals surface area contributed by atoms with Crippen LogP contribution in [0, 0.1) is 17.0 Å². The molecule has 7 nitrogen and oxygen atoms in total. The van der Waals surface area contributed by atoms with Crippen molar-refractivity contribution in [3.05, 3.63) is 91.9 Å². The van der Waals surface area contributed by atoms with Crippen LogP contribution in [0.3, 0.4) is 0 Å². The maximum Gasteiger partial charge on any atom is 0.275 e. The van der Waals surface area contributed by atoms with Gasteiger partial charge in [0.15, 0.2) is 0 Å². The molecule has 0 spiro atoms. The van der Waals surface area contributed by atoms with E-state index in [1.54, 1.807) is 50.4 Å². The van der Waals surface area contributed by atoms with Crippen LogP contribution in [0.1, 0.15) is 22.7 Å². The van der Waals surface area contributed by atoms with Crippen molar-refractivity contribution in [1.82, 2.24) is 9.78 Å². The summed E-state index contributed by atoms with van der Waals surface area (Å²) in [6, 6.07) is 16.1. The second-order valence-corrected chi connectivity index (χ2v) is 5.97. The van der Waals surface area contributed by atoms with Crippen LogP contribution >= 0.6 is 0 Å². The quantitative estimate of drug-likeness (QED) is 0.545. The third kappa shape index (κ3) is 3.37. The Morgan fingerprint density at radius 1 is 1.15 bits per heavy atom. The molecule has 3 rings (SSSR count). The topological polar surface area (TPSA) is 90.2 Å². The van der Waals surface area contributed by atoms with Gasteiger partial charge < -0.3 is 4.74 Å². The minimum atomic E-state index is -0.649. The number of para-hydroxylation sites is 1. The molecule has 1 atom stereocenters. The Balaban J connectivity index is 2.11. The number of aromatic amines is 1. The molecule has 1 aromatic heterocycles. The highest BCUT2D eigenvalue weighted by Crippen LogP contribution is 2.27. The molecule has 0 fully saturated rings. The molecular weight excluding hydrogens is 334 g/mol. The second kappa shape index (κ2) is 7.26.